The molecule has 74 valence electrons. The van der Waals surface area contributed by atoms with Gasteiger partial charge in [-0.25, -0.2) is 0 Å². The fourth-order valence-corrected chi connectivity index (χ4v) is 2.75. The van der Waals surface area contributed by atoms with Crippen LogP contribution in [0.1, 0.15) is 56.6 Å². The molecule has 0 amide bonds. The molecule has 0 aliphatic carbocycles. The second-order valence-corrected chi connectivity index (χ2v) is 4.50. The fraction of sp³-hybridized carbons (Fsp3) is 0.667. The molecule has 0 spiro atoms. The molecule has 1 atom stereocenters. The van der Waals surface area contributed by atoms with Crippen LogP contribution in [0.15, 0.2) is 10.8 Å². The zero-order chi connectivity index (χ0) is 9.68. The zero-order valence-electron chi connectivity index (χ0n) is 8.97. The van der Waals surface area contributed by atoms with Crippen LogP contribution in [0, 0.1) is 6.92 Å². The summed E-state index contributed by atoms with van der Waals surface area (Å²) in [4.78, 5) is 0. The average molecular weight is 196 g/mol. The predicted octanol–water partition coefficient (Wildman–Crippen LogP) is 4.74. The Hall–Kier alpha value is -0.300. The summed E-state index contributed by atoms with van der Waals surface area (Å²) in [6, 6.07) is 0. The van der Waals surface area contributed by atoms with Crippen LogP contribution in [0.3, 0.4) is 0 Å². The van der Waals surface area contributed by atoms with E-state index in [4.69, 9.17) is 0 Å². The van der Waals surface area contributed by atoms with Crippen molar-refractivity contribution in [2.45, 2.75) is 52.4 Å². The Morgan fingerprint density at radius 1 is 1.31 bits per heavy atom. The first-order valence-electron chi connectivity index (χ1n) is 5.32. The minimum atomic E-state index is 0.811. The van der Waals surface area contributed by atoms with Crippen molar-refractivity contribution < 1.29 is 0 Å². The summed E-state index contributed by atoms with van der Waals surface area (Å²) in [6.45, 7) is 6.81. The maximum Gasteiger partial charge on any atom is -0.00557 e. The Balaban J connectivity index is 2.61. The highest BCUT2D eigenvalue weighted by Gasteiger charge is 2.11. The SMILES string of the molecule is CCCCC(CC)c1cscc1C. The summed E-state index contributed by atoms with van der Waals surface area (Å²) < 4.78 is 0. The molecule has 1 rings (SSSR count). The largest absolute Gasteiger partial charge is 0.152 e. The van der Waals surface area contributed by atoms with Gasteiger partial charge in [0, 0.05) is 0 Å². The Morgan fingerprint density at radius 2 is 2.08 bits per heavy atom. The maximum absolute atomic E-state index is 2.33. The lowest BCUT2D eigenvalue weighted by atomic mass is 9.91. The lowest BCUT2D eigenvalue weighted by Gasteiger charge is -2.14. The molecule has 1 aromatic rings. The first kappa shape index (κ1) is 10.8. The highest BCUT2D eigenvalue weighted by atomic mass is 32.1. The first-order valence-corrected chi connectivity index (χ1v) is 6.26. The molecule has 0 N–H and O–H groups in total. The van der Waals surface area contributed by atoms with Gasteiger partial charge in [-0.15, -0.1) is 0 Å². The first-order chi connectivity index (χ1) is 6.29. The molecule has 0 aliphatic heterocycles. The monoisotopic (exact) mass is 196 g/mol. The van der Waals surface area contributed by atoms with Crippen molar-refractivity contribution in [1.29, 1.82) is 0 Å². The van der Waals surface area contributed by atoms with Gasteiger partial charge in [-0.2, -0.15) is 11.3 Å². The average Bonchev–Trinajstić information content (AvgIpc) is 2.54. The van der Waals surface area contributed by atoms with Gasteiger partial charge in [0.1, 0.15) is 0 Å². The van der Waals surface area contributed by atoms with Crippen LogP contribution < -0.4 is 0 Å². The van der Waals surface area contributed by atoms with Gasteiger partial charge < -0.3 is 0 Å². The summed E-state index contributed by atoms with van der Waals surface area (Å²) in [6.07, 6.45) is 5.34. The summed E-state index contributed by atoms with van der Waals surface area (Å²) in [5, 5.41) is 4.60. The Kier molecular flexibility index (Phi) is 4.51. The predicted molar refractivity (Wildman–Crippen MR) is 61.6 cm³/mol. The Bertz CT molecular complexity index is 237. The molecule has 13 heavy (non-hydrogen) atoms. The second kappa shape index (κ2) is 5.43. The van der Waals surface area contributed by atoms with Crippen molar-refractivity contribution in [3.8, 4) is 0 Å². The Morgan fingerprint density at radius 3 is 2.54 bits per heavy atom. The third kappa shape index (κ3) is 2.84. The van der Waals surface area contributed by atoms with E-state index in [1.165, 1.54) is 31.2 Å². The van der Waals surface area contributed by atoms with Gasteiger partial charge in [0.2, 0.25) is 0 Å². The zero-order valence-corrected chi connectivity index (χ0v) is 9.79. The van der Waals surface area contributed by atoms with Crippen LogP contribution in [0.2, 0.25) is 0 Å². The van der Waals surface area contributed by atoms with Crippen molar-refractivity contribution in [3.63, 3.8) is 0 Å². The number of hydrogen-bond donors (Lipinski definition) is 0. The highest BCUT2D eigenvalue weighted by molar-refractivity contribution is 7.08. The molecule has 1 aromatic heterocycles. The lowest BCUT2D eigenvalue weighted by molar-refractivity contribution is 0.569. The van der Waals surface area contributed by atoms with Crippen molar-refractivity contribution in [2.75, 3.05) is 0 Å². The van der Waals surface area contributed by atoms with Gasteiger partial charge >= 0.3 is 0 Å². The summed E-state index contributed by atoms with van der Waals surface area (Å²) in [5.74, 6) is 0.811. The molecule has 1 heterocycles. The van der Waals surface area contributed by atoms with Gasteiger partial charge in [0.25, 0.3) is 0 Å². The van der Waals surface area contributed by atoms with Crippen LogP contribution in [-0.2, 0) is 0 Å². The molecule has 0 radical (unpaired) electrons. The molecule has 0 saturated carbocycles. The summed E-state index contributed by atoms with van der Waals surface area (Å²) in [7, 11) is 0. The van der Waals surface area contributed by atoms with E-state index in [1.54, 1.807) is 5.56 Å². The summed E-state index contributed by atoms with van der Waals surface area (Å²) >= 11 is 1.84. The van der Waals surface area contributed by atoms with Crippen LogP contribution in [0.4, 0.5) is 0 Å². The van der Waals surface area contributed by atoms with Crippen LogP contribution >= 0.6 is 11.3 Å². The highest BCUT2D eigenvalue weighted by Crippen LogP contribution is 2.30. The number of rotatable bonds is 5. The fourth-order valence-electron chi connectivity index (χ4n) is 1.82. The van der Waals surface area contributed by atoms with E-state index in [2.05, 4.69) is 31.5 Å². The third-order valence-electron chi connectivity index (χ3n) is 2.73. The normalized spacial score (nSPS) is 13.2. The number of hydrogen-bond acceptors (Lipinski definition) is 1. The topological polar surface area (TPSA) is 0 Å². The smallest absolute Gasteiger partial charge is 0.00557 e. The lowest BCUT2D eigenvalue weighted by Crippen LogP contribution is -1.97. The van der Waals surface area contributed by atoms with Crippen LogP contribution in [-0.4, -0.2) is 0 Å². The van der Waals surface area contributed by atoms with Gasteiger partial charge in [-0.1, -0.05) is 26.7 Å². The van der Waals surface area contributed by atoms with Gasteiger partial charge in [-0.05, 0) is 47.6 Å². The van der Waals surface area contributed by atoms with Crippen molar-refractivity contribution in [3.05, 3.63) is 21.9 Å². The minimum absolute atomic E-state index is 0.811. The number of aryl methyl sites for hydroxylation is 1. The maximum atomic E-state index is 2.33. The van der Waals surface area contributed by atoms with Crippen molar-refractivity contribution in [2.24, 2.45) is 0 Å². The van der Waals surface area contributed by atoms with E-state index in [-0.39, 0.29) is 0 Å². The number of thiophene rings is 1. The third-order valence-corrected chi connectivity index (χ3v) is 3.61. The van der Waals surface area contributed by atoms with Crippen molar-refractivity contribution >= 4 is 11.3 Å². The molecule has 0 bridgehead atoms. The van der Waals surface area contributed by atoms with E-state index in [0.29, 0.717) is 0 Å². The molecule has 0 aliphatic rings. The molecule has 0 aromatic carbocycles. The Labute approximate surface area is 86.0 Å². The molecular formula is C12H20S. The molecule has 0 nitrogen and oxygen atoms in total. The van der Waals surface area contributed by atoms with E-state index in [0.717, 1.165) is 5.92 Å². The number of unbranched alkanes of at least 4 members (excludes halogenated alkanes) is 1. The quantitative estimate of drug-likeness (QED) is 0.638. The van der Waals surface area contributed by atoms with E-state index in [9.17, 15) is 0 Å². The van der Waals surface area contributed by atoms with Crippen LogP contribution in [0.5, 0.6) is 0 Å². The standard InChI is InChI=1S/C12H20S/c1-4-6-7-11(5-2)12-9-13-8-10(12)3/h8-9,11H,4-7H2,1-3H3. The van der Waals surface area contributed by atoms with E-state index < -0.39 is 0 Å². The molecule has 1 heteroatoms. The van der Waals surface area contributed by atoms with Gasteiger partial charge in [0.15, 0.2) is 0 Å². The van der Waals surface area contributed by atoms with Gasteiger partial charge in [0.05, 0.1) is 0 Å². The molecule has 0 fully saturated rings. The summed E-state index contributed by atoms with van der Waals surface area (Å²) in [5.41, 5.74) is 3.09. The van der Waals surface area contributed by atoms with Crippen LogP contribution in [0.25, 0.3) is 0 Å². The van der Waals surface area contributed by atoms with E-state index >= 15 is 0 Å². The van der Waals surface area contributed by atoms with E-state index in [1.807, 2.05) is 11.3 Å². The second-order valence-electron chi connectivity index (χ2n) is 3.76. The molecular weight excluding hydrogens is 176 g/mol. The molecule has 1 unspecified atom stereocenters. The van der Waals surface area contributed by atoms with Crippen molar-refractivity contribution in [1.82, 2.24) is 0 Å². The molecule has 0 saturated heterocycles. The minimum Gasteiger partial charge on any atom is -0.152 e. The van der Waals surface area contributed by atoms with Gasteiger partial charge in [-0.3, -0.25) is 0 Å².